The number of alkyl carbamates (subject to hydrolysis) is 1. The number of thiophene rings is 1. The summed E-state index contributed by atoms with van der Waals surface area (Å²) in [6.45, 7) is 0.152. The summed E-state index contributed by atoms with van der Waals surface area (Å²) in [7, 11) is 1.29. The molecule has 22 heavy (non-hydrogen) atoms. The topological polar surface area (TPSA) is 64.6 Å². The molecule has 0 saturated heterocycles. The molecule has 2 aromatic rings. The van der Waals surface area contributed by atoms with Gasteiger partial charge in [0.1, 0.15) is 12.6 Å². The Labute approximate surface area is 132 Å². The number of methoxy groups -OCH3 is 1. The minimum absolute atomic E-state index is 0.152. The van der Waals surface area contributed by atoms with E-state index in [1.807, 2.05) is 47.2 Å². The predicted octanol–water partition coefficient (Wildman–Crippen LogP) is 2.76. The fourth-order valence-electron chi connectivity index (χ4n) is 1.89. The molecule has 1 heterocycles. The minimum atomic E-state index is -0.761. The van der Waals surface area contributed by atoms with Gasteiger partial charge in [-0.3, -0.25) is 0 Å². The van der Waals surface area contributed by atoms with Crippen molar-refractivity contribution < 1.29 is 19.1 Å². The van der Waals surface area contributed by atoms with Crippen molar-refractivity contribution in [3.05, 3.63) is 58.3 Å². The Morgan fingerprint density at radius 1 is 1.18 bits per heavy atom. The van der Waals surface area contributed by atoms with Crippen molar-refractivity contribution in [2.45, 2.75) is 19.1 Å². The van der Waals surface area contributed by atoms with E-state index < -0.39 is 18.1 Å². The van der Waals surface area contributed by atoms with Crippen LogP contribution in [0.5, 0.6) is 0 Å². The average Bonchev–Trinajstić information content (AvgIpc) is 3.05. The highest BCUT2D eigenvalue weighted by molar-refractivity contribution is 7.07. The smallest absolute Gasteiger partial charge is 0.408 e. The molecule has 1 atom stereocenters. The van der Waals surface area contributed by atoms with Crippen LogP contribution in [0.2, 0.25) is 0 Å². The molecule has 1 aromatic carbocycles. The van der Waals surface area contributed by atoms with Crippen LogP contribution in [0.3, 0.4) is 0 Å². The van der Waals surface area contributed by atoms with Gasteiger partial charge < -0.3 is 14.8 Å². The molecule has 6 heteroatoms. The molecule has 116 valence electrons. The minimum Gasteiger partial charge on any atom is -0.467 e. The van der Waals surface area contributed by atoms with Crippen molar-refractivity contribution in [1.29, 1.82) is 0 Å². The second-order valence-corrected chi connectivity index (χ2v) is 5.40. The zero-order valence-electron chi connectivity index (χ0n) is 12.2. The van der Waals surface area contributed by atoms with Gasteiger partial charge in [0.05, 0.1) is 7.11 Å². The van der Waals surface area contributed by atoms with Crippen LogP contribution in [-0.2, 0) is 27.3 Å². The number of carbonyl (C=O) groups is 2. The van der Waals surface area contributed by atoms with Gasteiger partial charge >= 0.3 is 12.1 Å². The van der Waals surface area contributed by atoms with E-state index >= 15 is 0 Å². The van der Waals surface area contributed by atoms with Crippen molar-refractivity contribution in [2.24, 2.45) is 0 Å². The third-order valence-electron chi connectivity index (χ3n) is 3.01. The molecule has 0 spiro atoms. The Kier molecular flexibility index (Phi) is 5.97. The van der Waals surface area contributed by atoms with Gasteiger partial charge in [-0.25, -0.2) is 9.59 Å². The summed E-state index contributed by atoms with van der Waals surface area (Å²) in [5.41, 5.74) is 1.84. The van der Waals surface area contributed by atoms with Crippen LogP contribution >= 0.6 is 11.3 Å². The highest BCUT2D eigenvalue weighted by Crippen LogP contribution is 2.10. The number of hydrogen-bond acceptors (Lipinski definition) is 5. The maximum atomic E-state index is 11.8. The summed E-state index contributed by atoms with van der Waals surface area (Å²) in [5.74, 6) is -0.497. The van der Waals surface area contributed by atoms with Crippen molar-refractivity contribution in [3.63, 3.8) is 0 Å². The standard InChI is InChI=1S/C16H17NO4S/c1-20-15(18)14(9-13-7-8-22-11-13)17-16(19)21-10-12-5-3-2-4-6-12/h2-8,11,14H,9-10H2,1H3,(H,17,19)/t14-/m1/s1. The van der Waals surface area contributed by atoms with Gasteiger partial charge in [-0.1, -0.05) is 30.3 Å². The fourth-order valence-corrected chi connectivity index (χ4v) is 2.57. The summed E-state index contributed by atoms with van der Waals surface area (Å²) < 4.78 is 9.84. The van der Waals surface area contributed by atoms with E-state index in [2.05, 4.69) is 5.32 Å². The Bertz CT molecular complexity index is 598. The highest BCUT2D eigenvalue weighted by atomic mass is 32.1. The molecule has 1 N–H and O–H groups in total. The van der Waals surface area contributed by atoms with Crippen molar-refractivity contribution in [3.8, 4) is 0 Å². The first kappa shape index (κ1) is 16.0. The third-order valence-corrected chi connectivity index (χ3v) is 3.74. The zero-order valence-corrected chi connectivity index (χ0v) is 13.0. The molecular weight excluding hydrogens is 302 g/mol. The van der Waals surface area contributed by atoms with Gasteiger partial charge in [-0.05, 0) is 28.0 Å². The molecule has 2 rings (SSSR count). The van der Waals surface area contributed by atoms with E-state index in [0.717, 1.165) is 11.1 Å². The molecule has 0 bridgehead atoms. The number of rotatable bonds is 6. The monoisotopic (exact) mass is 319 g/mol. The SMILES string of the molecule is COC(=O)[C@@H](Cc1ccsc1)NC(=O)OCc1ccccc1. The van der Waals surface area contributed by atoms with E-state index in [-0.39, 0.29) is 6.61 Å². The Morgan fingerprint density at radius 2 is 1.95 bits per heavy atom. The van der Waals surface area contributed by atoms with Gasteiger partial charge in [0.15, 0.2) is 0 Å². The summed E-state index contributed by atoms with van der Waals surface area (Å²) in [6.07, 6.45) is -0.272. The molecule has 1 aromatic heterocycles. The second kappa shape index (κ2) is 8.19. The van der Waals surface area contributed by atoms with Crippen LogP contribution in [-0.4, -0.2) is 25.2 Å². The molecule has 0 aliphatic heterocycles. The molecule has 5 nitrogen and oxygen atoms in total. The molecule has 0 radical (unpaired) electrons. The molecule has 1 amide bonds. The zero-order chi connectivity index (χ0) is 15.8. The van der Waals surface area contributed by atoms with E-state index in [9.17, 15) is 9.59 Å². The van der Waals surface area contributed by atoms with Crippen LogP contribution in [0.1, 0.15) is 11.1 Å². The first-order valence-electron chi connectivity index (χ1n) is 6.75. The Hall–Kier alpha value is -2.34. The number of carbonyl (C=O) groups excluding carboxylic acids is 2. The lowest BCUT2D eigenvalue weighted by molar-refractivity contribution is -0.143. The highest BCUT2D eigenvalue weighted by Gasteiger charge is 2.22. The first-order valence-corrected chi connectivity index (χ1v) is 7.69. The summed E-state index contributed by atoms with van der Waals surface area (Å²) >= 11 is 1.53. The maximum Gasteiger partial charge on any atom is 0.408 e. The molecule has 0 saturated carbocycles. The van der Waals surface area contributed by atoms with Crippen LogP contribution in [0, 0.1) is 0 Å². The number of hydrogen-bond donors (Lipinski definition) is 1. The van der Waals surface area contributed by atoms with Crippen molar-refractivity contribution in [2.75, 3.05) is 7.11 Å². The van der Waals surface area contributed by atoms with Crippen LogP contribution in [0.4, 0.5) is 4.79 Å². The average molecular weight is 319 g/mol. The van der Waals surface area contributed by atoms with Crippen molar-refractivity contribution in [1.82, 2.24) is 5.32 Å². The summed E-state index contributed by atoms with van der Waals surface area (Å²) in [6, 6.07) is 10.5. The quantitative estimate of drug-likeness (QED) is 0.832. The van der Waals surface area contributed by atoms with E-state index in [1.54, 1.807) is 0 Å². The third kappa shape index (κ3) is 4.89. The molecule has 0 unspecified atom stereocenters. The van der Waals surface area contributed by atoms with Gasteiger partial charge in [-0.15, -0.1) is 0 Å². The van der Waals surface area contributed by atoms with Crippen LogP contribution in [0.25, 0.3) is 0 Å². The maximum absolute atomic E-state index is 11.8. The number of benzene rings is 1. The first-order chi connectivity index (χ1) is 10.7. The van der Waals surface area contributed by atoms with Gasteiger partial charge in [-0.2, -0.15) is 11.3 Å². The van der Waals surface area contributed by atoms with Gasteiger partial charge in [0, 0.05) is 6.42 Å². The van der Waals surface area contributed by atoms with Gasteiger partial charge in [0.2, 0.25) is 0 Å². The number of amides is 1. The Morgan fingerprint density at radius 3 is 2.59 bits per heavy atom. The van der Waals surface area contributed by atoms with Crippen LogP contribution in [0.15, 0.2) is 47.2 Å². The molecule has 0 aliphatic carbocycles. The number of nitrogens with one attached hydrogen (secondary N) is 1. The predicted molar refractivity (Wildman–Crippen MR) is 83.6 cm³/mol. The molecular formula is C16H17NO4S. The lowest BCUT2D eigenvalue weighted by Crippen LogP contribution is -2.43. The summed E-state index contributed by atoms with van der Waals surface area (Å²) in [5, 5.41) is 6.38. The second-order valence-electron chi connectivity index (χ2n) is 4.62. The number of ether oxygens (including phenoxy) is 2. The molecule has 0 aliphatic rings. The normalized spacial score (nSPS) is 11.5. The van der Waals surface area contributed by atoms with E-state index in [1.165, 1.54) is 18.4 Å². The molecule has 0 fully saturated rings. The van der Waals surface area contributed by atoms with E-state index in [4.69, 9.17) is 9.47 Å². The van der Waals surface area contributed by atoms with Crippen LogP contribution < -0.4 is 5.32 Å². The Balaban J connectivity index is 1.88. The number of esters is 1. The lowest BCUT2D eigenvalue weighted by atomic mass is 10.1. The lowest BCUT2D eigenvalue weighted by Gasteiger charge is -2.16. The van der Waals surface area contributed by atoms with Crippen molar-refractivity contribution >= 4 is 23.4 Å². The fraction of sp³-hybridized carbons (Fsp3) is 0.250. The van der Waals surface area contributed by atoms with Gasteiger partial charge in [0.25, 0.3) is 0 Å². The summed E-state index contributed by atoms with van der Waals surface area (Å²) in [4.78, 5) is 23.6. The van der Waals surface area contributed by atoms with E-state index in [0.29, 0.717) is 6.42 Å². The largest absolute Gasteiger partial charge is 0.467 e.